The van der Waals surface area contributed by atoms with Gasteiger partial charge >= 0.3 is 5.97 Å². The Kier molecular flexibility index (Phi) is 5.98. The van der Waals surface area contributed by atoms with Crippen LogP contribution >= 0.6 is 0 Å². The number of carbonyl (C=O) groups is 1. The Morgan fingerprint density at radius 2 is 2.07 bits per heavy atom. The summed E-state index contributed by atoms with van der Waals surface area (Å²) in [6, 6.07) is 6.02. The van der Waals surface area contributed by atoms with Crippen LogP contribution in [0.1, 0.15) is 25.8 Å². The van der Waals surface area contributed by atoms with E-state index in [1.165, 1.54) is 29.5 Å². The van der Waals surface area contributed by atoms with Gasteiger partial charge in [0.05, 0.1) is 24.3 Å². The maximum Gasteiger partial charge on any atom is 0.306 e. The van der Waals surface area contributed by atoms with Crippen molar-refractivity contribution in [3.63, 3.8) is 0 Å². The highest BCUT2D eigenvalue weighted by Gasteiger charge is 2.43. The lowest BCUT2D eigenvalue weighted by atomic mass is 9.83. The van der Waals surface area contributed by atoms with Gasteiger partial charge in [-0.2, -0.15) is 5.10 Å². The van der Waals surface area contributed by atoms with Crippen molar-refractivity contribution in [1.29, 1.82) is 0 Å². The second-order valence-electron chi connectivity index (χ2n) is 6.65. The molecular weight excluding hydrogens is 353 g/mol. The van der Waals surface area contributed by atoms with Gasteiger partial charge in [-0.25, -0.2) is 14.1 Å². The number of nitrogens with zero attached hydrogens (tertiary/aromatic N) is 3. The van der Waals surface area contributed by atoms with Crippen molar-refractivity contribution in [2.24, 2.45) is 5.41 Å². The molecule has 1 atom stereocenters. The van der Waals surface area contributed by atoms with E-state index >= 15 is 0 Å². The number of esters is 1. The van der Waals surface area contributed by atoms with Gasteiger partial charge in [-0.1, -0.05) is 26.0 Å². The van der Waals surface area contributed by atoms with Crippen LogP contribution in [0.25, 0.3) is 11.8 Å². The van der Waals surface area contributed by atoms with E-state index in [9.17, 15) is 9.18 Å². The number of carbonyl (C=O) groups excluding carboxylic acids is 1. The molecule has 0 bridgehead atoms. The number of hydrogen-bond acceptors (Lipinski definition) is 6. The fraction of sp³-hybridized carbons (Fsp3) is 0.421. The number of halogens is 1. The van der Waals surface area contributed by atoms with E-state index in [0.29, 0.717) is 18.9 Å². The average molecular weight is 375 g/mol. The molecular formula is C19H22FN3O4. The van der Waals surface area contributed by atoms with Crippen LogP contribution in [0.15, 0.2) is 36.9 Å². The molecule has 1 saturated heterocycles. The summed E-state index contributed by atoms with van der Waals surface area (Å²) in [6.07, 6.45) is 4.25. The molecule has 2 aromatic rings. The summed E-state index contributed by atoms with van der Waals surface area (Å²) in [4.78, 5) is 16.1. The normalized spacial score (nSPS) is 18.1. The lowest BCUT2D eigenvalue weighted by Crippen LogP contribution is -2.47. The summed E-state index contributed by atoms with van der Waals surface area (Å²) in [5, 5.41) is 4.20. The van der Waals surface area contributed by atoms with Crippen LogP contribution in [0.2, 0.25) is 0 Å². The zero-order chi connectivity index (χ0) is 19.3. The molecule has 0 N–H and O–H groups in total. The first-order valence-corrected chi connectivity index (χ1v) is 8.69. The van der Waals surface area contributed by atoms with Crippen LogP contribution in [0.3, 0.4) is 0 Å². The van der Waals surface area contributed by atoms with Gasteiger partial charge in [-0.05, 0) is 23.8 Å². The molecule has 3 rings (SSSR count). The largest absolute Gasteiger partial charge is 0.455 e. The van der Waals surface area contributed by atoms with Gasteiger partial charge in [-0.15, -0.1) is 0 Å². The molecule has 1 aromatic carbocycles. The van der Waals surface area contributed by atoms with Gasteiger partial charge in [0.1, 0.15) is 25.3 Å². The minimum atomic E-state index is -0.697. The first kappa shape index (κ1) is 19.2. The van der Waals surface area contributed by atoms with E-state index in [0.717, 1.165) is 5.56 Å². The summed E-state index contributed by atoms with van der Waals surface area (Å²) in [7, 11) is 0. The van der Waals surface area contributed by atoms with Gasteiger partial charge in [0.2, 0.25) is 0 Å². The molecule has 0 spiro atoms. The van der Waals surface area contributed by atoms with Crippen LogP contribution in [-0.2, 0) is 19.0 Å². The number of benzene rings is 1. The number of ether oxygens (including phenoxy) is 3. The van der Waals surface area contributed by atoms with E-state index in [-0.39, 0.29) is 25.0 Å². The Bertz CT molecular complexity index is 784. The highest BCUT2D eigenvalue weighted by Crippen LogP contribution is 2.35. The second-order valence-corrected chi connectivity index (χ2v) is 6.65. The molecule has 144 valence electrons. The van der Waals surface area contributed by atoms with Crippen molar-refractivity contribution >= 4 is 17.7 Å². The molecule has 1 aliphatic rings. The van der Waals surface area contributed by atoms with Crippen molar-refractivity contribution in [2.45, 2.75) is 26.4 Å². The summed E-state index contributed by atoms with van der Waals surface area (Å²) in [5.41, 5.74) is 0.694. The smallest absolute Gasteiger partial charge is 0.306 e. The van der Waals surface area contributed by atoms with Crippen molar-refractivity contribution < 1.29 is 23.4 Å². The molecule has 2 heterocycles. The third kappa shape index (κ3) is 4.58. The Balaban J connectivity index is 2.06. The Labute approximate surface area is 156 Å². The van der Waals surface area contributed by atoms with E-state index < -0.39 is 11.5 Å². The molecule has 0 amide bonds. The monoisotopic (exact) mass is 375 g/mol. The third-order valence-electron chi connectivity index (χ3n) is 4.34. The molecule has 0 saturated carbocycles. The fourth-order valence-corrected chi connectivity index (χ4v) is 2.91. The standard InChI is InChI=1S/C19H22FN3O4/c1-3-17(24)27-18(19(2)9-25-13-26-10-19)16(23-12-21-11-22-23)8-14-4-6-15(20)7-5-14/h4-8,11-12,18H,3,9-10,13H2,1-2H3/b16-8-. The van der Waals surface area contributed by atoms with Gasteiger partial charge in [0, 0.05) is 6.42 Å². The molecule has 1 aliphatic heterocycles. The molecule has 1 fully saturated rings. The zero-order valence-corrected chi connectivity index (χ0v) is 15.3. The van der Waals surface area contributed by atoms with Crippen LogP contribution in [-0.4, -0.2) is 46.8 Å². The maximum atomic E-state index is 13.3. The fourth-order valence-electron chi connectivity index (χ4n) is 2.91. The van der Waals surface area contributed by atoms with E-state index in [1.807, 2.05) is 6.92 Å². The highest BCUT2D eigenvalue weighted by molar-refractivity contribution is 5.76. The quantitative estimate of drug-likeness (QED) is 0.723. The average Bonchev–Trinajstić information content (AvgIpc) is 3.21. The second kappa shape index (κ2) is 8.41. The van der Waals surface area contributed by atoms with Crippen molar-refractivity contribution in [2.75, 3.05) is 20.0 Å². The summed E-state index contributed by atoms with van der Waals surface area (Å²) in [6.45, 7) is 4.56. The van der Waals surface area contributed by atoms with E-state index in [2.05, 4.69) is 10.1 Å². The number of aromatic nitrogens is 3. The van der Waals surface area contributed by atoms with Crippen LogP contribution < -0.4 is 0 Å². The number of hydrogen-bond donors (Lipinski definition) is 0. The molecule has 1 unspecified atom stereocenters. The van der Waals surface area contributed by atoms with Gasteiger partial charge in [-0.3, -0.25) is 4.79 Å². The zero-order valence-electron chi connectivity index (χ0n) is 15.3. The van der Waals surface area contributed by atoms with Gasteiger partial charge in [0.25, 0.3) is 0 Å². The summed E-state index contributed by atoms with van der Waals surface area (Å²) in [5.74, 6) is -0.679. The van der Waals surface area contributed by atoms with Crippen molar-refractivity contribution in [3.8, 4) is 0 Å². The van der Waals surface area contributed by atoms with Crippen LogP contribution in [0, 0.1) is 11.2 Å². The van der Waals surface area contributed by atoms with Crippen molar-refractivity contribution in [3.05, 3.63) is 48.3 Å². The predicted octanol–water partition coefficient (Wildman–Crippen LogP) is 2.75. The Morgan fingerprint density at radius 3 is 2.67 bits per heavy atom. The third-order valence-corrected chi connectivity index (χ3v) is 4.34. The lowest BCUT2D eigenvalue weighted by molar-refractivity contribution is -0.192. The SMILES string of the molecule is CCC(=O)OC(/C(=C/c1ccc(F)cc1)n1cncn1)C1(C)COCOC1. The van der Waals surface area contributed by atoms with Crippen LogP contribution in [0.5, 0.6) is 0 Å². The minimum absolute atomic E-state index is 0.199. The van der Waals surface area contributed by atoms with Gasteiger partial charge < -0.3 is 14.2 Å². The lowest BCUT2D eigenvalue weighted by Gasteiger charge is -2.40. The molecule has 0 aliphatic carbocycles. The molecule has 1 aromatic heterocycles. The molecule has 0 radical (unpaired) electrons. The minimum Gasteiger partial charge on any atom is -0.455 e. The molecule has 7 nitrogen and oxygen atoms in total. The summed E-state index contributed by atoms with van der Waals surface area (Å²) < 4.78 is 31.6. The Hall–Kier alpha value is -2.58. The van der Waals surface area contributed by atoms with Crippen LogP contribution in [0.4, 0.5) is 4.39 Å². The highest BCUT2D eigenvalue weighted by atomic mass is 19.1. The maximum absolute atomic E-state index is 13.3. The summed E-state index contributed by atoms with van der Waals surface area (Å²) >= 11 is 0. The Morgan fingerprint density at radius 1 is 1.37 bits per heavy atom. The molecule has 8 heteroatoms. The first-order valence-electron chi connectivity index (χ1n) is 8.69. The van der Waals surface area contributed by atoms with Gasteiger partial charge in [0.15, 0.2) is 6.10 Å². The van der Waals surface area contributed by atoms with E-state index in [4.69, 9.17) is 14.2 Å². The molecule has 27 heavy (non-hydrogen) atoms. The van der Waals surface area contributed by atoms with Crippen molar-refractivity contribution in [1.82, 2.24) is 14.8 Å². The van der Waals surface area contributed by atoms with E-state index in [1.54, 1.807) is 25.1 Å². The first-order chi connectivity index (χ1) is 13.0. The predicted molar refractivity (Wildman–Crippen MR) is 95.6 cm³/mol. The number of rotatable bonds is 6. The topological polar surface area (TPSA) is 75.5 Å².